The average molecular weight is 320 g/mol. The van der Waals surface area contributed by atoms with Gasteiger partial charge in [-0.3, -0.25) is 0 Å². The molecule has 1 N–H and O–H groups in total. The molecule has 3 aromatic rings. The van der Waals surface area contributed by atoms with Crippen LogP contribution in [0.25, 0.3) is 10.9 Å². The highest BCUT2D eigenvalue weighted by Gasteiger charge is 2.08. The maximum atomic E-state index is 11.0. The minimum Gasteiger partial charge on any atom is -0.478 e. The zero-order valence-electron chi connectivity index (χ0n) is 10.9. The van der Waals surface area contributed by atoms with E-state index in [9.17, 15) is 4.79 Å². The van der Waals surface area contributed by atoms with Crippen LogP contribution in [0.3, 0.4) is 0 Å². The number of fused-ring (bicyclic) bond motifs is 1. The van der Waals surface area contributed by atoms with Crippen molar-refractivity contribution in [2.75, 3.05) is 0 Å². The van der Waals surface area contributed by atoms with Crippen LogP contribution < -0.4 is 0 Å². The fourth-order valence-electron chi connectivity index (χ4n) is 2.32. The molecule has 0 radical (unpaired) electrons. The third-order valence-corrected chi connectivity index (χ3v) is 3.97. The van der Waals surface area contributed by atoms with Gasteiger partial charge in [-0.15, -0.1) is 0 Å². The third kappa shape index (κ3) is 2.75. The summed E-state index contributed by atoms with van der Waals surface area (Å²) >= 11 is 12.2. The van der Waals surface area contributed by atoms with Crippen molar-refractivity contribution in [1.29, 1.82) is 0 Å². The molecule has 0 aliphatic heterocycles. The lowest BCUT2D eigenvalue weighted by Gasteiger charge is -2.08. The Bertz CT molecular complexity index is 839. The Morgan fingerprint density at radius 2 is 1.90 bits per heavy atom. The van der Waals surface area contributed by atoms with Crippen LogP contribution in [0.5, 0.6) is 0 Å². The summed E-state index contributed by atoms with van der Waals surface area (Å²) < 4.78 is 2.01. The lowest BCUT2D eigenvalue weighted by atomic mass is 10.1. The Balaban J connectivity index is 2.01. The minimum atomic E-state index is -0.928. The quantitative estimate of drug-likeness (QED) is 0.760. The standard InChI is InChI=1S/C16H11Cl2NO2/c17-13-2-3-14(18)12(8-13)9-19-6-5-10-7-11(16(20)21)1-4-15(10)19/h1-8H,9H2,(H,20,21). The van der Waals surface area contributed by atoms with Gasteiger partial charge in [0.25, 0.3) is 0 Å². The van der Waals surface area contributed by atoms with Crippen molar-refractivity contribution in [3.8, 4) is 0 Å². The van der Waals surface area contributed by atoms with E-state index in [2.05, 4.69) is 0 Å². The summed E-state index contributed by atoms with van der Waals surface area (Å²) in [6, 6.07) is 12.3. The first-order chi connectivity index (χ1) is 10.0. The van der Waals surface area contributed by atoms with Gasteiger partial charge in [-0.05, 0) is 48.0 Å². The maximum absolute atomic E-state index is 11.0. The molecule has 21 heavy (non-hydrogen) atoms. The molecule has 1 heterocycles. The Kier molecular flexibility index (Phi) is 3.62. The number of halogens is 2. The summed E-state index contributed by atoms with van der Waals surface area (Å²) in [6.45, 7) is 0.579. The van der Waals surface area contributed by atoms with Gasteiger partial charge in [0.2, 0.25) is 0 Å². The fourth-order valence-corrected chi connectivity index (χ4v) is 2.69. The Hall–Kier alpha value is -1.97. The molecule has 0 saturated carbocycles. The van der Waals surface area contributed by atoms with Crippen LogP contribution in [0.2, 0.25) is 10.0 Å². The zero-order chi connectivity index (χ0) is 15.0. The molecule has 0 unspecified atom stereocenters. The summed E-state index contributed by atoms with van der Waals surface area (Å²) in [4.78, 5) is 11.0. The van der Waals surface area contributed by atoms with E-state index in [1.165, 1.54) is 0 Å². The van der Waals surface area contributed by atoms with Gasteiger partial charge in [-0.1, -0.05) is 23.2 Å². The molecular formula is C16H11Cl2NO2. The highest BCUT2D eigenvalue weighted by Crippen LogP contribution is 2.24. The minimum absolute atomic E-state index is 0.279. The Labute approximate surface area is 131 Å². The van der Waals surface area contributed by atoms with Crippen molar-refractivity contribution >= 4 is 40.1 Å². The molecule has 0 fully saturated rings. The molecule has 3 rings (SSSR count). The van der Waals surface area contributed by atoms with E-state index in [0.29, 0.717) is 16.6 Å². The predicted octanol–water partition coefficient (Wildman–Crippen LogP) is 4.69. The first-order valence-corrected chi connectivity index (χ1v) is 7.06. The molecule has 1 aromatic heterocycles. The van der Waals surface area contributed by atoms with E-state index in [4.69, 9.17) is 28.3 Å². The van der Waals surface area contributed by atoms with Crippen LogP contribution in [0, 0.1) is 0 Å². The highest BCUT2D eigenvalue weighted by atomic mass is 35.5. The van der Waals surface area contributed by atoms with E-state index < -0.39 is 5.97 Å². The number of rotatable bonds is 3. The van der Waals surface area contributed by atoms with E-state index in [-0.39, 0.29) is 5.56 Å². The van der Waals surface area contributed by atoms with Crippen molar-refractivity contribution in [2.45, 2.75) is 6.54 Å². The van der Waals surface area contributed by atoms with Crippen molar-refractivity contribution in [2.24, 2.45) is 0 Å². The van der Waals surface area contributed by atoms with Gasteiger partial charge >= 0.3 is 5.97 Å². The number of carbonyl (C=O) groups is 1. The topological polar surface area (TPSA) is 42.2 Å². The fraction of sp³-hybridized carbons (Fsp3) is 0.0625. The van der Waals surface area contributed by atoms with Gasteiger partial charge < -0.3 is 9.67 Å². The largest absolute Gasteiger partial charge is 0.478 e. The van der Waals surface area contributed by atoms with Gasteiger partial charge in [-0.2, -0.15) is 0 Å². The second-order valence-corrected chi connectivity index (χ2v) is 5.60. The number of carboxylic acid groups (broad SMARTS) is 1. The van der Waals surface area contributed by atoms with Crippen LogP contribution in [0.4, 0.5) is 0 Å². The van der Waals surface area contributed by atoms with Crippen molar-refractivity contribution in [1.82, 2.24) is 4.57 Å². The summed E-state index contributed by atoms with van der Waals surface area (Å²) in [5.41, 5.74) is 2.15. The van der Waals surface area contributed by atoms with Crippen LogP contribution >= 0.6 is 23.2 Å². The van der Waals surface area contributed by atoms with Gasteiger partial charge in [0.1, 0.15) is 0 Å². The maximum Gasteiger partial charge on any atom is 0.335 e. The predicted molar refractivity (Wildman–Crippen MR) is 84.5 cm³/mol. The monoisotopic (exact) mass is 319 g/mol. The van der Waals surface area contributed by atoms with Crippen LogP contribution in [0.15, 0.2) is 48.7 Å². The molecule has 3 nitrogen and oxygen atoms in total. The average Bonchev–Trinajstić information content (AvgIpc) is 2.85. The molecule has 0 amide bonds. The number of nitrogens with zero attached hydrogens (tertiary/aromatic N) is 1. The zero-order valence-corrected chi connectivity index (χ0v) is 12.4. The lowest BCUT2D eigenvalue weighted by molar-refractivity contribution is 0.0697. The van der Waals surface area contributed by atoms with Gasteiger partial charge in [-0.25, -0.2) is 4.79 Å². The van der Waals surface area contributed by atoms with Crippen molar-refractivity contribution in [3.05, 3.63) is 69.8 Å². The third-order valence-electron chi connectivity index (χ3n) is 3.37. The summed E-state index contributed by atoms with van der Waals surface area (Å²) in [5, 5.41) is 11.2. The summed E-state index contributed by atoms with van der Waals surface area (Å²) in [6.07, 6.45) is 1.91. The van der Waals surface area contributed by atoms with Gasteiger partial charge in [0, 0.05) is 33.7 Å². The molecule has 5 heteroatoms. The number of aromatic carboxylic acids is 1. The molecule has 0 atom stereocenters. The Morgan fingerprint density at radius 3 is 2.67 bits per heavy atom. The molecule has 0 spiro atoms. The van der Waals surface area contributed by atoms with E-state index >= 15 is 0 Å². The van der Waals surface area contributed by atoms with Crippen LogP contribution in [-0.4, -0.2) is 15.6 Å². The normalized spacial score (nSPS) is 11.0. The molecule has 106 valence electrons. The first kappa shape index (κ1) is 14.0. The smallest absolute Gasteiger partial charge is 0.335 e. The van der Waals surface area contributed by atoms with Crippen LogP contribution in [0.1, 0.15) is 15.9 Å². The molecular weight excluding hydrogens is 309 g/mol. The molecule has 0 aliphatic carbocycles. The molecule has 0 aliphatic rings. The number of aromatic nitrogens is 1. The number of hydrogen-bond acceptors (Lipinski definition) is 1. The summed E-state index contributed by atoms with van der Waals surface area (Å²) in [5.74, 6) is -0.928. The molecule has 0 saturated heterocycles. The molecule has 0 bridgehead atoms. The number of benzene rings is 2. The van der Waals surface area contributed by atoms with Crippen molar-refractivity contribution < 1.29 is 9.90 Å². The second kappa shape index (κ2) is 5.43. The van der Waals surface area contributed by atoms with E-state index in [1.807, 2.05) is 22.9 Å². The van der Waals surface area contributed by atoms with Crippen molar-refractivity contribution in [3.63, 3.8) is 0 Å². The lowest BCUT2D eigenvalue weighted by Crippen LogP contribution is -1.99. The highest BCUT2D eigenvalue weighted by molar-refractivity contribution is 6.33. The van der Waals surface area contributed by atoms with Gasteiger partial charge in [0.15, 0.2) is 0 Å². The second-order valence-electron chi connectivity index (χ2n) is 4.76. The summed E-state index contributed by atoms with van der Waals surface area (Å²) in [7, 11) is 0. The number of carboxylic acids is 1. The SMILES string of the molecule is O=C(O)c1ccc2c(ccn2Cc2cc(Cl)ccc2Cl)c1. The van der Waals surface area contributed by atoms with Gasteiger partial charge in [0.05, 0.1) is 5.56 Å². The molecule has 2 aromatic carbocycles. The van der Waals surface area contributed by atoms with E-state index in [0.717, 1.165) is 16.5 Å². The van der Waals surface area contributed by atoms with Crippen LogP contribution in [-0.2, 0) is 6.54 Å². The van der Waals surface area contributed by atoms with E-state index in [1.54, 1.807) is 30.3 Å². The first-order valence-electron chi connectivity index (χ1n) is 6.31. The Morgan fingerprint density at radius 1 is 1.10 bits per heavy atom. The number of hydrogen-bond donors (Lipinski definition) is 1.